The topological polar surface area (TPSA) is 112 Å². The fourth-order valence-corrected chi connectivity index (χ4v) is 2.64. The predicted molar refractivity (Wildman–Crippen MR) is 84.7 cm³/mol. The zero-order chi connectivity index (χ0) is 17.7. The first-order chi connectivity index (χ1) is 11.4. The number of hydrogen-bond acceptors (Lipinski definition) is 5. The Bertz CT molecular complexity index is 585. The third kappa shape index (κ3) is 4.58. The van der Waals surface area contributed by atoms with Crippen LogP contribution in [0.25, 0.3) is 0 Å². The Labute approximate surface area is 140 Å². The molecule has 0 radical (unpaired) electrons. The lowest BCUT2D eigenvalue weighted by molar-refractivity contribution is -0.131. The van der Waals surface area contributed by atoms with E-state index in [0.29, 0.717) is 18.1 Å². The van der Waals surface area contributed by atoms with Gasteiger partial charge in [-0.2, -0.15) is 0 Å². The summed E-state index contributed by atoms with van der Waals surface area (Å²) in [5.74, 6) is -0.0379. The Morgan fingerprint density at radius 1 is 1.46 bits per heavy atom. The largest absolute Gasteiger partial charge is 0.467 e. The van der Waals surface area contributed by atoms with E-state index in [1.807, 2.05) is 13.8 Å². The summed E-state index contributed by atoms with van der Waals surface area (Å²) < 4.78 is 5.13. The number of urea groups is 1. The summed E-state index contributed by atoms with van der Waals surface area (Å²) in [5, 5.41) is 14.5. The minimum Gasteiger partial charge on any atom is -0.467 e. The van der Waals surface area contributed by atoms with Crippen molar-refractivity contribution < 1.29 is 23.9 Å². The summed E-state index contributed by atoms with van der Waals surface area (Å²) in [6.07, 6.45) is 1.94. The van der Waals surface area contributed by atoms with Crippen molar-refractivity contribution in [2.24, 2.45) is 5.92 Å². The van der Waals surface area contributed by atoms with Gasteiger partial charge in [0.15, 0.2) is 0 Å². The lowest BCUT2D eigenvalue weighted by atomic mass is 10.0. The summed E-state index contributed by atoms with van der Waals surface area (Å²) in [6, 6.07) is 1.53. The number of nitrogens with one attached hydrogen (secondary N) is 2. The summed E-state index contributed by atoms with van der Waals surface area (Å²) in [6.45, 7) is 3.84. The SMILES string of the molecule is CC(C)C[C@@H](CO)NC(=O)C[C@H]1NC(=O)N(Cc2ccco2)C1=O. The molecule has 1 aliphatic rings. The van der Waals surface area contributed by atoms with E-state index in [1.165, 1.54) is 6.26 Å². The second-order valence-electron chi connectivity index (χ2n) is 6.29. The molecule has 8 heteroatoms. The van der Waals surface area contributed by atoms with Gasteiger partial charge in [-0.1, -0.05) is 13.8 Å². The minimum atomic E-state index is -0.897. The van der Waals surface area contributed by atoms with Crippen LogP contribution in [0.15, 0.2) is 22.8 Å². The number of imide groups is 1. The Kier molecular flexibility index (Phi) is 5.97. The van der Waals surface area contributed by atoms with Gasteiger partial charge in [-0.25, -0.2) is 4.79 Å². The van der Waals surface area contributed by atoms with Crippen molar-refractivity contribution in [3.63, 3.8) is 0 Å². The van der Waals surface area contributed by atoms with Gasteiger partial charge in [-0.3, -0.25) is 14.5 Å². The summed E-state index contributed by atoms with van der Waals surface area (Å²) in [4.78, 5) is 37.3. The van der Waals surface area contributed by atoms with Crippen molar-refractivity contribution in [1.82, 2.24) is 15.5 Å². The number of hydrogen-bond donors (Lipinski definition) is 3. The average molecular weight is 337 g/mol. The summed E-state index contributed by atoms with van der Waals surface area (Å²) in [5.41, 5.74) is 0. The molecule has 0 aliphatic carbocycles. The van der Waals surface area contributed by atoms with Crippen LogP contribution in [0.3, 0.4) is 0 Å². The van der Waals surface area contributed by atoms with Gasteiger partial charge in [-0.05, 0) is 24.5 Å². The zero-order valence-electron chi connectivity index (χ0n) is 13.8. The highest BCUT2D eigenvalue weighted by molar-refractivity contribution is 6.05. The molecule has 3 N–H and O–H groups in total. The van der Waals surface area contributed by atoms with E-state index in [0.717, 1.165) is 4.90 Å². The Balaban J connectivity index is 1.89. The molecular weight excluding hydrogens is 314 g/mol. The van der Waals surface area contributed by atoms with Gasteiger partial charge in [0.05, 0.1) is 31.9 Å². The van der Waals surface area contributed by atoms with E-state index >= 15 is 0 Å². The van der Waals surface area contributed by atoms with E-state index in [9.17, 15) is 19.5 Å². The van der Waals surface area contributed by atoms with Crippen LogP contribution in [0.2, 0.25) is 0 Å². The van der Waals surface area contributed by atoms with Crippen LogP contribution in [0.5, 0.6) is 0 Å². The van der Waals surface area contributed by atoms with Crippen molar-refractivity contribution in [2.75, 3.05) is 6.61 Å². The highest BCUT2D eigenvalue weighted by atomic mass is 16.3. The number of carbonyl (C=O) groups excluding carboxylic acids is 3. The molecule has 1 aromatic rings. The molecule has 8 nitrogen and oxygen atoms in total. The fraction of sp³-hybridized carbons (Fsp3) is 0.562. The average Bonchev–Trinajstić information content (AvgIpc) is 3.10. The standard InChI is InChI=1S/C16H23N3O5/c1-10(2)6-11(9-20)17-14(21)7-13-15(22)19(16(23)18-13)8-12-4-3-5-24-12/h3-5,10-11,13,20H,6-9H2,1-2H3,(H,17,21)(H,18,23)/t11-,13+/m0/s1. The van der Waals surface area contributed by atoms with Crippen molar-refractivity contribution in [1.29, 1.82) is 0 Å². The summed E-state index contributed by atoms with van der Waals surface area (Å²) in [7, 11) is 0. The maximum atomic E-state index is 12.3. The Morgan fingerprint density at radius 2 is 2.21 bits per heavy atom. The van der Waals surface area contributed by atoms with E-state index in [4.69, 9.17) is 4.42 Å². The molecule has 1 saturated heterocycles. The number of nitrogens with zero attached hydrogens (tertiary/aromatic N) is 1. The molecule has 132 valence electrons. The fourth-order valence-electron chi connectivity index (χ4n) is 2.64. The van der Waals surface area contributed by atoms with E-state index in [2.05, 4.69) is 10.6 Å². The normalized spacial score (nSPS) is 18.8. The molecule has 0 spiro atoms. The van der Waals surface area contributed by atoms with Gasteiger partial charge in [-0.15, -0.1) is 0 Å². The molecule has 24 heavy (non-hydrogen) atoms. The van der Waals surface area contributed by atoms with Crippen LogP contribution in [-0.2, 0) is 16.1 Å². The number of furan rings is 1. The number of aliphatic hydroxyl groups excluding tert-OH is 1. The van der Waals surface area contributed by atoms with Crippen LogP contribution < -0.4 is 10.6 Å². The second-order valence-corrected chi connectivity index (χ2v) is 6.29. The molecule has 0 bridgehead atoms. The third-order valence-corrected chi connectivity index (χ3v) is 3.73. The van der Waals surface area contributed by atoms with Crippen molar-refractivity contribution >= 4 is 17.8 Å². The van der Waals surface area contributed by atoms with Crippen LogP contribution >= 0.6 is 0 Å². The van der Waals surface area contributed by atoms with Gasteiger partial charge in [0, 0.05) is 0 Å². The second kappa shape index (κ2) is 7.96. The van der Waals surface area contributed by atoms with E-state index < -0.39 is 18.0 Å². The molecule has 1 aliphatic heterocycles. The first-order valence-corrected chi connectivity index (χ1v) is 7.95. The molecule has 0 saturated carbocycles. The molecule has 2 atom stereocenters. The molecule has 1 fully saturated rings. The van der Waals surface area contributed by atoms with Crippen molar-refractivity contribution in [3.8, 4) is 0 Å². The van der Waals surface area contributed by atoms with Crippen LogP contribution in [0.1, 0.15) is 32.4 Å². The molecule has 4 amide bonds. The maximum absolute atomic E-state index is 12.3. The Morgan fingerprint density at radius 3 is 2.79 bits per heavy atom. The van der Waals surface area contributed by atoms with E-state index in [-0.39, 0.29) is 31.5 Å². The van der Waals surface area contributed by atoms with Gasteiger partial charge in [0.1, 0.15) is 11.8 Å². The molecular formula is C16H23N3O5. The number of amides is 4. The van der Waals surface area contributed by atoms with Gasteiger partial charge >= 0.3 is 6.03 Å². The quantitative estimate of drug-likeness (QED) is 0.602. The minimum absolute atomic E-state index is 0.0302. The molecule has 1 aromatic heterocycles. The highest BCUT2D eigenvalue weighted by Crippen LogP contribution is 2.14. The Hall–Kier alpha value is -2.35. The molecule has 0 aromatic carbocycles. The first kappa shape index (κ1) is 18.0. The van der Waals surface area contributed by atoms with Crippen molar-refractivity contribution in [2.45, 2.75) is 45.3 Å². The molecule has 2 heterocycles. The molecule has 2 rings (SSSR count). The monoisotopic (exact) mass is 337 g/mol. The van der Waals surface area contributed by atoms with Crippen molar-refractivity contribution in [3.05, 3.63) is 24.2 Å². The highest BCUT2D eigenvalue weighted by Gasteiger charge is 2.39. The lowest BCUT2D eigenvalue weighted by Crippen LogP contribution is -2.42. The van der Waals surface area contributed by atoms with E-state index in [1.54, 1.807) is 12.1 Å². The number of carbonyl (C=O) groups is 3. The third-order valence-electron chi connectivity index (χ3n) is 3.73. The smallest absolute Gasteiger partial charge is 0.325 e. The first-order valence-electron chi connectivity index (χ1n) is 7.95. The summed E-state index contributed by atoms with van der Waals surface area (Å²) >= 11 is 0. The predicted octanol–water partition coefficient (Wildman–Crippen LogP) is 0.613. The molecule has 0 unspecified atom stereocenters. The lowest BCUT2D eigenvalue weighted by Gasteiger charge is -2.19. The van der Waals surface area contributed by atoms with Crippen LogP contribution in [-0.4, -0.2) is 46.5 Å². The van der Waals surface area contributed by atoms with Gasteiger partial charge in [0.25, 0.3) is 5.91 Å². The van der Waals surface area contributed by atoms with Crippen LogP contribution in [0.4, 0.5) is 4.79 Å². The van der Waals surface area contributed by atoms with Gasteiger partial charge in [0.2, 0.25) is 5.91 Å². The number of rotatable bonds is 8. The number of aliphatic hydroxyl groups is 1. The maximum Gasteiger partial charge on any atom is 0.325 e. The van der Waals surface area contributed by atoms with Crippen LogP contribution in [0, 0.1) is 5.92 Å². The zero-order valence-corrected chi connectivity index (χ0v) is 13.8. The van der Waals surface area contributed by atoms with Gasteiger partial charge < -0.3 is 20.2 Å².